The number of thiophene rings is 1. The number of benzene rings is 1. The van der Waals surface area contributed by atoms with Crippen molar-refractivity contribution in [3.8, 4) is 17.2 Å². The van der Waals surface area contributed by atoms with E-state index >= 15 is 0 Å². The number of anilines is 1. The molecule has 1 unspecified atom stereocenters. The van der Waals surface area contributed by atoms with Crippen molar-refractivity contribution in [2.24, 2.45) is 0 Å². The van der Waals surface area contributed by atoms with Crippen LogP contribution < -0.4 is 4.90 Å². The molecule has 1 N–H and O–H groups in total. The zero-order valence-corrected chi connectivity index (χ0v) is 21.2. The van der Waals surface area contributed by atoms with Crippen molar-refractivity contribution < 1.29 is 14.6 Å². The molecule has 1 saturated heterocycles. The number of pyridine rings is 1. The number of aryl methyl sites for hydroxylation is 1. The summed E-state index contributed by atoms with van der Waals surface area (Å²) < 4.78 is 6.63. The van der Waals surface area contributed by atoms with Crippen LogP contribution in [0.15, 0.2) is 30.5 Å². The van der Waals surface area contributed by atoms with Crippen molar-refractivity contribution in [1.82, 2.24) is 9.88 Å². The van der Waals surface area contributed by atoms with Crippen molar-refractivity contribution in [2.45, 2.75) is 58.3 Å². The van der Waals surface area contributed by atoms with E-state index in [-0.39, 0.29) is 18.7 Å². The summed E-state index contributed by atoms with van der Waals surface area (Å²) in [5, 5.41) is 19.5. The second-order valence-corrected chi connectivity index (χ2v) is 11.4. The molecule has 35 heavy (non-hydrogen) atoms. The molecule has 2 aliphatic heterocycles. The second-order valence-electron chi connectivity index (χ2n) is 10.3. The number of ether oxygens (including phenoxy) is 1. The Morgan fingerprint density at radius 2 is 2.11 bits per heavy atom. The number of hydrogen-bond donors (Lipinski definition) is 1. The molecule has 5 rings (SSSR count). The molecule has 0 spiro atoms. The number of fused-ring (bicyclic) bond motifs is 2. The van der Waals surface area contributed by atoms with Gasteiger partial charge in [-0.2, -0.15) is 5.26 Å². The fourth-order valence-electron chi connectivity index (χ4n) is 5.18. The molecule has 0 saturated carbocycles. The number of aromatic nitrogens is 1. The summed E-state index contributed by atoms with van der Waals surface area (Å²) in [4.78, 5) is 22.3. The lowest BCUT2D eigenvalue weighted by molar-refractivity contribution is 0.0292. The molecule has 0 aliphatic carbocycles. The molecule has 8 heteroatoms. The van der Waals surface area contributed by atoms with Crippen LogP contribution in [0, 0.1) is 11.3 Å². The van der Waals surface area contributed by atoms with Gasteiger partial charge in [0.25, 0.3) is 0 Å². The Labute approximate surface area is 209 Å². The highest BCUT2D eigenvalue weighted by atomic mass is 32.1. The number of carbonyl (C=O) groups excluding carboxylic acids is 1. The predicted molar refractivity (Wildman–Crippen MR) is 138 cm³/mol. The van der Waals surface area contributed by atoms with Crippen LogP contribution in [0.4, 0.5) is 10.5 Å². The van der Waals surface area contributed by atoms with Gasteiger partial charge in [0, 0.05) is 53.6 Å². The molecule has 0 radical (unpaired) electrons. The topological polar surface area (TPSA) is 89.7 Å². The molecule has 1 amide bonds. The maximum absolute atomic E-state index is 12.7. The van der Waals surface area contributed by atoms with E-state index in [0.717, 1.165) is 57.7 Å². The van der Waals surface area contributed by atoms with E-state index in [2.05, 4.69) is 16.0 Å². The number of aliphatic hydroxyl groups is 1. The summed E-state index contributed by atoms with van der Waals surface area (Å²) >= 11 is 1.54. The zero-order valence-electron chi connectivity index (χ0n) is 20.4. The number of hydrogen-bond acceptors (Lipinski definition) is 7. The fourth-order valence-corrected chi connectivity index (χ4v) is 6.18. The minimum absolute atomic E-state index is 0.0223. The van der Waals surface area contributed by atoms with E-state index in [1.165, 1.54) is 5.56 Å². The summed E-state index contributed by atoms with van der Waals surface area (Å²) in [5.74, 6) is 0. The summed E-state index contributed by atoms with van der Waals surface area (Å²) in [6, 6.07) is 10.4. The van der Waals surface area contributed by atoms with Crippen LogP contribution in [-0.2, 0) is 17.8 Å². The fraction of sp³-hybridized carbons (Fsp3) is 0.444. The first-order valence-electron chi connectivity index (χ1n) is 12.1. The summed E-state index contributed by atoms with van der Waals surface area (Å²) in [7, 11) is 0. The zero-order chi connectivity index (χ0) is 24.7. The minimum Gasteiger partial charge on any atom is -0.444 e. The molecule has 3 aromatic rings. The van der Waals surface area contributed by atoms with Crippen LogP contribution in [0.1, 0.15) is 49.6 Å². The van der Waals surface area contributed by atoms with Gasteiger partial charge in [-0.25, -0.2) is 4.79 Å². The Balaban J connectivity index is 1.56. The largest absolute Gasteiger partial charge is 0.444 e. The number of likely N-dealkylation sites (tertiary alicyclic amines) is 1. The molecule has 182 valence electrons. The highest BCUT2D eigenvalue weighted by molar-refractivity contribution is 7.19. The number of amides is 1. The molecule has 0 bridgehead atoms. The van der Waals surface area contributed by atoms with Crippen molar-refractivity contribution in [3.63, 3.8) is 0 Å². The van der Waals surface area contributed by atoms with Gasteiger partial charge in [0.1, 0.15) is 5.60 Å². The van der Waals surface area contributed by atoms with Crippen LogP contribution in [0.25, 0.3) is 21.3 Å². The van der Waals surface area contributed by atoms with Gasteiger partial charge in [-0.3, -0.25) is 4.98 Å². The molecular weight excluding hydrogens is 460 g/mol. The van der Waals surface area contributed by atoms with Gasteiger partial charge < -0.3 is 19.6 Å². The lowest BCUT2D eigenvalue weighted by atomic mass is 9.90. The Bertz CT molecular complexity index is 1320. The third-order valence-electron chi connectivity index (χ3n) is 6.62. The Hall–Kier alpha value is -3.15. The van der Waals surface area contributed by atoms with Crippen LogP contribution in [0.5, 0.6) is 0 Å². The normalized spacial score (nSPS) is 18.0. The standard InChI is InChI=1S/C27H30N4O3S/c1-27(2,3)34-26(33)30-10-7-19(15-30)31-9-4-5-18-11-17(14-28)12-22(24(18)31)21-6-8-29-23-13-20(16-32)35-25(21)23/h6,8,11-13,19,32H,4-5,7,9-10,15-16H2,1-3H3. The van der Waals surface area contributed by atoms with Crippen LogP contribution in [0.3, 0.4) is 0 Å². The maximum atomic E-state index is 12.7. The smallest absolute Gasteiger partial charge is 0.410 e. The molecule has 1 fully saturated rings. The van der Waals surface area contributed by atoms with E-state index in [0.29, 0.717) is 18.7 Å². The van der Waals surface area contributed by atoms with Gasteiger partial charge in [-0.05, 0) is 69.9 Å². The summed E-state index contributed by atoms with van der Waals surface area (Å²) in [6.07, 6.45) is 4.33. The highest BCUT2D eigenvalue weighted by Gasteiger charge is 2.36. The lowest BCUT2D eigenvalue weighted by Gasteiger charge is -2.38. The number of nitriles is 1. The SMILES string of the molecule is CC(C)(C)OC(=O)N1CCC(N2CCCc3cc(C#N)cc(-c4ccnc5cc(CO)sc45)c32)C1. The van der Waals surface area contributed by atoms with Crippen molar-refractivity contribution >= 4 is 33.3 Å². The molecule has 2 aromatic heterocycles. The maximum Gasteiger partial charge on any atom is 0.410 e. The molecule has 2 aliphatic rings. The van der Waals surface area contributed by atoms with Crippen LogP contribution in [-0.4, -0.2) is 52.4 Å². The first-order valence-corrected chi connectivity index (χ1v) is 12.9. The van der Waals surface area contributed by atoms with E-state index in [1.807, 2.05) is 49.9 Å². The number of nitrogens with zero attached hydrogens (tertiary/aromatic N) is 4. The minimum atomic E-state index is -0.519. The first kappa shape index (κ1) is 23.6. The predicted octanol–water partition coefficient (Wildman–Crippen LogP) is 5.09. The van der Waals surface area contributed by atoms with E-state index in [4.69, 9.17) is 4.74 Å². The molecule has 4 heterocycles. The quantitative estimate of drug-likeness (QED) is 0.550. The second kappa shape index (κ2) is 9.14. The van der Waals surface area contributed by atoms with E-state index in [1.54, 1.807) is 17.5 Å². The Morgan fingerprint density at radius 1 is 1.29 bits per heavy atom. The van der Waals surface area contributed by atoms with Crippen molar-refractivity contribution in [3.05, 3.63) is 46.5 Å². The first-order chi connectivity index (χ1) is 16.8. The highest BCUT2D eigenvalue weighted by Crippen LogP contribution is 2.44. The number of aliphatic hydroxyl groups excluding tert-OH is 1. The molecule has 1 aromatic carbocycles. The van der Waals surface area contributed by atoms with Gasteiger partial charge >= 0.3 is 6.09 Å². The van der Waals surface area contributed by atoms with Gasteiger partial charge in [-0.1, -0.05) is 0 Å². The van der Waals surface area contributed by atoms with Gasteiger partial charge in [-0.15, -0.1) is 11.3 Å². The summed E-state index contributed by atoms with van der Waals surface area (Å²) in [6.45, 7) is 7.83. The Morgan fingerprint density at radius 3 is 2.86 bits per heavy atom. The molecular formula is C27H30N4O3S. The third-order valence-corrected chi connectivity index (χ3v) is 7.76. The van der Waals surface area contributed by atoms with E-state index < -0.39 is 5.60 Å². The molecule has 1 atom stereocenters. The average Bonchev–Trinajstić information content (AvgIpc) is 3.49. The van der Waals surface area contributed by atoms with Gasteiger partial charge in [0.2, 0.25) is 0 Å². The van der Waals surface area contributed by atoms with Crippen molar-refractivity contribution in [2.75, 3.05) is 24.5 Å². The molecule has 7 nitrogen and oxygen atoms in total. The Kier molecular flexibility index (Phi) is 6.16. The summed E-state index contributed by atoms with van der Waals surface area (Å²) in [5.41, 5.74) is 5.35. The van der Waals surface area contributed by atoms with E-state index in [9.17, 15) is 15.2 Å². The van der Waals surface area contributed by atoms with Crippen molar-refractivity contribution in [1.29, 1.82) is 5.26 Å². The van der Waals surface area contributed by atoms with Gasteiger partial charge in [0.05, 0.1) is 28.5 Å². The average molecular weight is 491 g/mol. The third kappa shape index (κ3) is 4.58. The lowest BCUT2D eigenvalue weighted by Crippen LogP contribution is -2.43. The van der Waals surface area contributed by atoms with Crippen LogP contribution in [0.2, 0.25) is 0 Å². The van der Waals surface area contributed by atoms with Crippen LogP contribution >= 0.6 is 11.3 Å². The number of carbonyl (C=O) groups is 1. The number of rotatable bonds is 3. The monoisotopic (exact) mass is 490 g/mol. The van der Waals surface area contributed by atoms with Gasteiger partial charge in [0.15, 0.2) is 0 Å².